The molecule has 2 unspecified atom stereocenters. The fraction of sp³-hybridized carbons (Fsp3) is 0.917. The minimum atomic E-state index is 0. The number of aliphatic imine (C=N–C) groups is 1. The van der Waals surface area contributed by atoms with Crippen LogP contribution in [-0.4, -0.2) is 65.2 Å². The molecule has 0 aromatic rings. The third-order valence-electron chi connectivity index (χ3n) is 3.19. The van der Waals surface area contributed by atoms with Crippen molar-refractivity contribution in [2.24, 2.45) is 10.9 Å². The molecule has 19 heavy (non-hydrogen) atoms. The van der Waals surface area contributed by atoms with Crippen LogP contribution in [0.25, 0.3) is 0 Å². The highest BCUT2D eigenvalue weighted by Crippen LogP contribution is 2.10. The average Bonchev–Trinajstić information content (AvgIpc) is 2.93. The topological polar surface area (TPSA) is 64.1 Å². The van der Waals surface area contributed by atoms with E-state index in [0.717, 1.165) is 38.7 Å². The van der Waals surface area contributed by atoms with Crippen molar-refractivity contribution in [2.45, 2.75) is 12.5 Å². The predicted octanol–water partition coefficient (Wildman–Crippen LogP) is 0.221. The van der Waals surface area contributed by atoms with Crippen molar-refractivity contribution in [1.82, 2.24) is 10.6 Å². The molecule has 2 heterocycles. The number of hydrogen-bond donors (Lipinski definition) is 2. The lowest BCUT2D eigenvalue weighted by atomic mass is 10.1. The van der Waals surface area contributed by atoms with E-state index in [1.165, 1.54) is 0 Å². The van der Waals surface area contributed by atoms with E-state index in [-0.39, 0.29) is 30.1 Å². The van der Waals surface area contributed by atoms with Gasteiger partial charge in [-0.25, -0.2) is 0 Å². The van der Waals surface area contributed by atoms with Crippen LogP contribution in [0.3, 0.4) is 0 Å². The average molecular weight is 385 g/mol. The minimum absolute atomic E-state index is 0. The third-order valence-corrected chi connectivity index (χ3v) is 3.19. The van der Waals surface area contributed by atoms with Crippen LogP contribution in [0.5, 0.6) is 0 Å². The van der Waals surface area contributed by atoms with Gasteiger partial charge < -0.3 is 24.8 Å². The highest BCUT2D eigenvalue weighted by molar-refractivity contribution is 14.0. The van der Waals surface area contributed by atoms with Crippen LogP contribution >= 0.6 is 24.0 Å². The highest BCUT2D eigenvalue weighted by atomic mass is 127. The summed E-state index contributed by atoms with van der Waals surface area (Å²) in [4.78, 5) is 4.19. The summed E-state index contributed by atoms with van der Waals surface area (Å²) in [5.41, 5.74) is 0. The molecule has 0 saturated carbocycles. The van der Waals surface area contributed by atoms with Gasteiger partial charge in [0.25, 0.3) is 0 Å². The SMILES string of the molecule is CN=C(NCC1CCOC1)NCC1COCCO1.I. The van der Waals surface area contributed by atoms with Crippen LogP contribution < -0.4 is 10.6 Å². The first-order valence-electron chi connectivity index (χ1n) is 6.60. The lowest BCUT2D eigenvalue weighted by Crippen LogP contribution is -2.45. The van der Waals surface area contributed by atoms with E-state index in [9.17, 15) is 0 Å². The number of halogens is 1. The zero-order chi connectivity index (χ0) is 12.6. The summed E-state index contributed by atoms with van der Waals surface area (Å²) in [5.74, 6) is 1.41. The molecule has 2 rings (SSSR count). The van der Waals surface area contributed by atoms with Gasteiger partial charge in [-0.1, -0.05) is 0 Å². The van der Waals surface area contributed by atoms with Crippen LogP contribution in [0, 0.1) is 5.92 Å². The lowest BCUT2D eigenvalue weighted by Gasteiger charge is -2.24. The largest absolute Gasteiger partial charge is 0.381 e. The maximum Gasteiger partial charge on any atom is 0.191 e. The molecular weight excluding hydrogens is 361 g/mol. The van der Waals surface area contributed by atoms with Crippen LogP contribution in [0.15, 0.2) is 4.99 Å². The van der Waals surface area contributed by atoms with E-state index in [1.807, 2.05) is 0 Å². The highest BCUT2D eigenvalue weighted by Gasteiger charge is 2.17. The zero-order valence-corrected chi connectivity index (χ0v) is 13.7. The molecule has 0 aliphatic carbocycles. The number of nitrogens with one attached hydrogen (secondary N) is 2. The Kier molecular flexibility index (Phi) is 8.67. The van der Waals surface area contributed by atoms with E-state index in [1.54, 1.807) is 7.05 Å². The molecule has 0 spiro atoms. The Morgan fingerprint density at radius 3 is 2.53 bits per heavy atom. The molecule has 0 aromatic heterocycles. The maximum absolute atomic E-state index is 5.56. The monoisotopic (exact) mass is 385 g/mol. The molecule has 2 aliphatic heterocycles. The Bertz CT molecular complexity index is 267. The van der Waals surface area contributed by atoms with Crippen LogP contribution in [0.4, 0.5) is 0 Å². The van der Waals surface area contributed by atoms with Crippen LogP contribution in [0.1, 0.15) is 6.42 Å². The van der Waals surface area contributed by atoms with Gasteiger partial charge in [0.15, 0.2) is 5.96 Å². The van der Waals surface area contributed by atoms with Gasteiger partial charge in [0.1, 0.15) is 0 Å². The van der Waals surface area contributed by atoms with E-state index in [0.29, 0.717) is 25.7 Å². The molecule has 7 heteroatoms. The summed E-state index contributed by atoms with van der Waals surface area (Å²) in [6, 6.07) is 0. The molecule has 2 atom stereocenters. The molecule has 2 N–H and O–H groups in total. The van der Waals surface area contributed by atoms with Gasteiger partial charge in [0, 0.05) is 32.7 Å². The summed E-state index contributed by atoms with van der Waals surface area (Å²) in [5, 5.41) is 6.57. The van der Waals surface area contributed by atoms with Crippen molar-refractivity contribution in [3.63, 3.8) is 0 Å². The van der Waals surface area contributed by atoms with Crippen molar-refractivity contribution >= 4 is 29.9 Å². The van der Waals surface area contributed by atoms with E-state index >= 15 is 0 Å². The Balaban J connectivity index is 0.00000180. The van der Waals surface area contributed by atoms with Gasteiger partial charge in [0.05, 0.1) is 32.5 Å². The van der Waals surface area contributed by atoms with Crippen molar-refractivity contribution in [3.8, 4) is 0 Å². The number of rotatable bonds is 4. The van der Waals surface area contributed by atoms with Gasteiger partial charge in [-0.15, -0.1) is 24.0 Å². The smallest absolute Gasteiger partial charge is 0.191 e. The Labute approximate surface area is 131 Å². The van der Waals surface area contributed by atoms with Crippen molar-refractivity contribution in [3.05, 3.63) is 0 Å². The van der Waals surface area contributed by atoms with Crippen LogP contribution in [0.2, 0.25) is 0 Å². The van der Waals surface area contributed by atoms with Gasteiger partial charge >= 0.3 is 0 Å². The summed E-state index contributed by atoms with van der Waals surface area (Å²) in [6.45, 7) is 5.39. The molecule has 112 valence electrons. The molecule has 2 fully saturated rings. The second-order valence-corrected chi connectivity index (χ2v) is 4.63. The number of nitrogens with zero attached hydrogens (tertiary/aromatic N) is 1. The maximum atomic E-state index is 5.56. The normalized spacial score (nSPS) is 27.7. The summed E-state index contributed by atoms with van der Waals surface area (Å²) < 4.78 is 16.2. The van der Waals surface area contributed by atoms with Crippen molar-refractivity contribution in [2.75, 3.05) is 53.2 Å². The first-order chi connectivity index (χ1) is 8.88. The summed E-state index contributed by atoms with van der Waals surface area (Å²) in [6.07, 6.45) is 1.25. The third kappa shape index (κ3) is 6.24. The molecule has 2 saturated heterocycles. The van der Waals surface area contributed by atoms with Gasteiger partial charge in [0.2, 0.25) is 0 Å². The van der Waals surface area contributed by atoms with Crippen molar-refractivity contribution in [1.29, 1.82) is 0 Å². The fourth-order valence-electron chi connectivity index (χ4n) is 2.07. The van der Waals surface area contributed by atoms with E-state index in [4.69, 9.17) is 14.2 Å². The molecule has 0 radical (unpaired) electrons. The lowest BCUT2D eigenvalue weighted by molar-refractivity contribution is -0.0850. The standard InChI is InChI=1S/C12H23N3O3.HI/c1-13-12(14-6-10-2-3-16-8-10)15-7-11-9-17-4-5-18-11;/h10-11H,2-9H2,1H3,(H2,13,14,15);1H. The molecule has 6 nitrogen and oxygen atoms in total. The van der Waals surface area contributed by atoms with Gasteiger partial charge in [-0.05, 0) is 6.42 Å². The molecular formula is C12H24IN3O3. The molecule has 0 aromatic carbocycles. The van der Waals surface area contributed by atoms with Gasteiger partial charge in [-0.2, -0.15) is 0 Å². The first kappa shape index (κ1) is 16.9. The Morgan fingerprint density at radius 2 is 1.89 bits per heavy atom. The van der Waals surface area contributed by atoms with Gasteiger partial charge in [-0.3, -0.25) is 4.99 Å². The predicted molar refractivity (Wildman–Crippen MR) is 84.3 cm³/mol. The second kappa shape index (κ2) is 9.73. The number of ether oxygens (including phenoxy) is 3. The molecule has 2 aliphatic rings. The zero-order valence-electron chi connectivity index (χ0n) is 11.4. The van der Waals surface area contributed by atoms with Crippen molar-refractivity contribution < 1.29 is 14.2 Å². The number of hydrogen-bond acceptors (Lipinski definition) is 4. The fourth-order valence-corrected chi connectivity index (χ4v) is 2.07. The molecule has 0 bridgehead atoms. The molecule has 0 amide bonds. The quantitative estimate of drug-likeness (QED) is 0.412. The Morgan fingerprint density at radius 1 is 1.11 bits per heavy atom. The van der Waals surface area contributed by atoms with E-state index < -0.39 is 0 Å². The summed E-state index contributed by atoms with van der Waals surface area (Å²) >= 11 is 0. The second-order valence-electron chi connectivity index (χ2n) is 4.63. The minimum Gasteiger partial charge on any atom is -0.381 e. The number of guanidine groups is 1. The first-order valence-corrected chi connectivity index (χ1v) is 6.60. The Hall–Kier alpha value is -0.120. The summed E-state index contributed by atoms with van der Waals surface area (Å²) in [7, 11) is 1.78. The van der Waals surface area contributed by atoms with E-state index in [2.05, 4.69) is 15.6 Å². The van der Waals surface area contributed by atoms with Crippen LogP contribution in [-0.2, 0) is 14.2 Å².